The van der Waals surface area contributed by atoms with Crippen LogP contribution in [0, 0.1) is 5.41 Å². The zero-order valence-electron chi connectivity index (χ0n) is 13.8. The summed E-state index contributed by atoms with van der Waals surface area (Å²) >= 11 is 0. The van der Waals surface area contributed by atoms with Crippen LogP contribution in [-0.2, 0) is 4.79 Å². The Hall–Kier alpha value is -3.09. The van der Waals surface area contributed by atoms with E-state index in [-0.39, 0.29) is 12.6 Å². The summed E-state index contributed by atoms with van der Waals surface area (Å²) in [5.74, 6) is 0.757. The molecule has 1 aromatic carbocycles. The maximum atomic E-state index is 12.3. The topological polar surface area (TPSA) is 91.8 Å². The predicted molar refractivity (Wildman–Crippen MR) is 91.7 cm³/mol. The van der Waals surface area contributed by atoms with Gasteiger partial charge in [0.1, 0.15) is 17.3 Å². The third kappa shape index (κ3) is 3.88. The lowest BCUT2D eigenvalue weighted by Crippen LogP contribution is -2.37. The highest BCUT2D eigenvalue weighted by atomic mass is 16.5. The molecule has 0 aliphatic carbocycles. The molecule has 1 aliphatic rings. The van der Waals surface area contributed by atoms with E-state index in [1.54, 1.807) is 19.1 Å². The molecule has 1 aliphatic heterocycles. The molecule has 130 valence electrons. The number of likely N-dealkylation sites (tertiary alicyclic amines) is 1. The summed E-state index contributed by atoms with van der Waals surface area (Å²) in [5.41, 5.74) is -0.891. The van der Waals surface area contributed by atoms with E-state index in [9.17, 15) is 14.7 Å². The molecule has 1 fully saturated rings. The van der Waals surface area contributed by atoms with Gasteiger partial charge in [0.05, 0.1) is 11.6 Å². The third-order valence-electron chi connectivity index (χ3n) is 4.23. The number of rotatable bonds is 4. The molecular formula is C18H19N3O4. The first kappa shape index (κ1) is 16.8. The number of aromatic nitrogens is 1. The van der Waals surface area contributed by atoms with Crippen molar-refractivity contribution >= 4 is 17.8 Å². The Labute approximate surface area is 145 Å². The van der Waals surface area contributed by atoms with E-state index in [1.807, 2.05) is 30.3 Å². The van der Waals surface area contributed by atoms with E-state index < -0.39 is 11.4 Å². The fraction of sp³-hybridized carbons (Fsp3) is 0.278. The molecule has 7 heteroatoms. The Morgan fingerprint density at radius 3 is 2.56 bits per heavy atom. The smallest absolute Gasteiger partial charge is 0.323 e. The molecule has 2 amide bonds. The molecule has 0 saturated carbocycles. The third-order valence-corrected chi connectivity index (χ3v) is 4.23. The average Bonchev–Trinajstić information content (AvgIpc) is 3.02. The molecule has 1 aromatic heterocycles. The van der Waals surface area contributed by atoms with Crippen LogP contribution < -0.4 is 10.1 Å². The van der Waals surface area contributed by atoms with Crippen LogP contribution in [0.25, 0.3) is 0 Å². The van der Waals surface area contributed by atoms with Gasteiger partial charge in [-0.1, -0.05) is 18.2 Å². The summed E-state index contributed by atoms with van der Waals surface area (Å²) in [4.78, 5) is 29.2. The zero-order chi connectivity index (χ0) is 17.9. The van der Waals surface area contributed by atoms with E-state index >= 15 is 0 Å². The average molecular weight is 341 g/mol. The molecule has 3 rings (SSSR count). The number of amides is 2. The van der Waals surface area contributed by atoms with Crippen molar-refractivity contribution in [2.45, 2.75) is 13.3 Å². The summed E-state index contributed by atoms with van der Waals surface area (Å²) in [6.45, 7) is 2.24. The number of pyridine rings is 1. The molecular weight excluding hydrogens is 322 g/mol. The van der Waals surface area contributed by atoms with Gasteiger partial charge in [-0.15, -0.1) is 0 Å². The van der Waals surface area contributed by atoms with Crippen molar-refractivity contribution in [3.63, 3.8) is 0 Å². The minimum absolute atomic E-state index is 0.184. The number of carbonyl (C=O) groups is 2. The predicted octanol–water partition coefficient (Wildman–Crippen LogP) is 3.20. The second-order valence-electron chi connectivity index (χ2n) is 6.26. The fourth-order valence-corrected chi connectivity index (χ4v) is 2.64. The van der Waals surface area contributed by atoms with Gasteiger partial charge in [-0.25, -0.2) is 9.78 Å². The highest BCUT2D eigenvalue weighted by Gasteiger charge is 2.42. The number of urea groups is 1. The van der Waals surface area contributed by atoms with Crippen molar-refractivity contribution in [2.24, 2.45) is 5.41 Å². The van der Waals surface area contributed by atoms with Crippen LogP contribution in [0.1, 0.15) is 13.3 Å². The SMILES string of the molecule is CC1(C(=O)O)CCN(C(=O)Nc2ccc(Oc3ccccc3)cn2)C1. The standard InChI is InChI=1S/C18H19N3O4/c1-18(16(22)23)9-10-21(12-18)17(24)20-15-8-7-14(11-19-15)25-13-5-3-2-4-6-13/h2-8,11H,9-10,12H2,1H3,(H,22,23)(H,19,20,24). The first-order chi connectivity index (χ1) is 12.0. The lowest BCUT2D eigenvalue weighted by Gasteiger charge is -2.20. The van der Waals surface area contributed by atoms with Crippen LogP contribution in [0.15, 0.2) is 48.7 Å². The van der Waals surface area contributed by atoms with Crippen molar-refractivity contribution in [1.82, 2.24) is 9.88 Å². The van der Waals surface area contributed by atoms with E-state index in [1.165, 1.54) is 11.1 Å². The van der Waals surface area contributed by atoms with Crippen LogP contribution in [0.4, 0.5) is 10.6 Å². The Bertz CT molecular complexity index is 764. The Balaban J connectivity index is 1.58. The van der Waals surface area contributed by atoms with Gasteiger partial charge in [-0.3, -0.25) is 10.1 Å². The first-order valence-electron chi connectivity index (χ1n) is 7.95. The number of carboxylic acid groups (broad SMARTS) is 1. The molecule has 0 radical (unpaired) electrons. The highest BCUT2D eigenvalue weighted by Crippen LogP contribution is 2.30. The van der Waals surface area contributed by atoms with Gasteiger partial charge in [0, 0.05) is 13.1 Å². The zero-order valence-corrected chi connectivity index (χ0v) is 13.8. The minimum Gasteiger partial charge on any atom is -0.481 e. The molecule has 0 spiro atoms. The van der Waals surface area contributed by atoms with Gasteiger partial charge >= 0.3 is 12.0 Å². The van der Waals surface area contributed by atoms with Crippen LogP contribution in [-0.4, -0.2) is 40.1 Å². The van der Waals surface area contributed by atoms with Crippen LogP contribution in [0.2, 0.25) is 0 Å². The summed E-state index contributed by atoms with van der Waals surface area (Å²) in [6, 6.07) is 12.3. The lowest BCUT2D eigenvalue weighted by molar-refractivity contribution is -0.146. The second-order valence-corrected chi connectivity index (χ2v) is 6.26. The minimum atomic E-state index is -0.891. The molecule has 0 bridgehead atoms. The molecule has 25 heavy (non-hydrogen) atoms. The van der Waals surface area contributed by atoms with E-state index in [0.717, 1.165) is 0 Å². The number of carboxylic acids is 1. The van der Waals surface area contributed by atoms with E-state index in [4.69, 9.17) is 4.74 Å². The molecule has 2 aromatic rings. The molecule has 7 nitrogen and oxygen atoms in total. The van der Waals surface area contributed by atoms with Crippen molar-refractivity contribution in [3.05, 3.63) is 48.7 Å². The number of nitrogens with one attached hydrogen (secondary N) is 1. The molecule has 1 atom stereocenters. The van der Waals surface area contributed by atoms with Gasteiger partial charge < -0.3 is 14.7 Å². The van der Waals surface area contributed by atoms with E-state index in [2.05, 4.69) is 10.3 Å². The normalized spacial score (nSPS) is 19.5. The summed E-state index contributed by atoms with van der Waals surface area (Å²) in [6.07, 6.45) is 1.96. The first-order valence-corrected chi connectivity index (χ1v) is 7.95. The number of hydrogen-bond donors (Lipinski definition) is 2. The van der Waals surface area contributed by atoms with Crippen LogP contribution in [0.3, 0.4) is 0 Å². The van der Waals surface area contributed by atoms with Gasteiger partial charge in [-0.05, 0) is 37.6 Å². The summed E-state index contributed by atoms with van der Waals surface area (Å²) in [5, 5.41) is 11.9. The number of carbonyl (C=O) groups excluding carboxylic acids is 1. The Morgan fingerprint density at radius 2 is 1.96 bits per heavy atom. The van der Waals surface area contributed by atoms with Crippen LogP contribution >= 0.6 is 0 Å². The highest BCUT2D eigenvalue weighted by molar-refractivity contribution is 5.89. The molecule has 2 N–H and O–H groups in total. The van der Waals surface area contributed by atoms with Gasteiger partial charge in [0.15, 0.2) is 0 Å². The van der Waals surface area contributed by atoms with Gasteiger partial charge in [0.2, 0.25) is 0 Å². The fourth-order valence-electron chi connectivity index (χ4n) is 2.64. The summed E-state index contributed by atoms with van der Waals surface area (Å²) < 4.78 is 5.64. The van der Waals surface area contributed by atoms with Crippen molar-refractivity contribution < 1.29 is 19.4 Å². The number of para-hydroxylation sites is 1. The van der Waals surface area contributed by atoms with Crippen LogP contribution in [0.5, 0.6) is 11.5 Å². The quantitative estimate of drug-likeness (QED) is 0.891. The second kappa shape index (κ2) is 6.80. The number of ether oxygens (including phenoxy) is 1. The van der Waals surface area contributed by atoms with Gasteiger partial charge in [-0.2, -0.15) is 0 Å². The van der Waals surface area contributed by atoms with Crippen molar-refractivity contribution in [3.8, 4) is 11.5 Å². The number of hydrogen-bond acceptors (Lipinski definition) is 4. The maximum Gasteiger partial charge on any atom is 0.323 e. The van der Waals surface area contributed by atoms with Gasteiger partial charge in [0.25, 0.3) is 0 Å². The number of benzene rings is 1. The monoisotopic (exact) mass is 341 g/mol. The molecule has 1 unspecified atom stereocenters. The lowest BCUT2D eigenvalue weighted by atomic mass is 9.90. The Morgan fingerprint density at radius 1 is 1.20 bits per heavy atom. The number of nitrogens with zero attached hydrogens (tertiary/aromatic N) is 2. The molecule has 1 saturated heterocycles. The van der Waals surface area contributed by atoms with Crippen molar-refractivity contribution in [2.75, 3.05) is 18.4 Å². The van der Waals surface area contributed by atoms with Crippen molar-refractivity contribution in [1.29, 1.82) is 0 Å². The molecule has 2 heterocycles. The number of anilines is 1. The Kier molecular flexibility index (Phi) is 4.56. The van der Waals surface area contributed by atoms with E-state index in [0.29, 0.717) is 30.3 Å². The number of aliphatic carboxylic acids is 1. The maximum absolute atomic E-state index is 12.3. The summed E-state index contributed by atoms with van der Waals surface area (Å²) in [7, 11) is 0. The largest absolute Gasteiger partial charge is 0.481 e.